The highest BCUT2D eigenvalue weighted by Gasteiger charge is 2.38. The smallest absolute Gasteiger partial charge is 0.325 e. The Labute approximate surface area is 140 Å². The molecule has 0 spiro atoms. The summed E-state index contributed by atoms with van der Waals surface area (Å²) in [5, 5.41) is 0. The Balaban J connectivity index is 0.00000220. The van der Waals surface area contributed by atoms with Crippen molar-refractivity contribution in [3.63, 3.8) is 0 Å². The zero-order valence-electron chi connectivity index (χ0n) is 12.2. The Morgan fingerprint density at radius 1 is 1.32 bits per heavy atom. The van der Waals surface area contributed by atoms with Crippen molar-refractivity contribution in [2.75, 3.05) is 20.2 Å². The van der Waals surface area contributed by atoms with E-state index in [1.54, 1.807) is 0 Å². The first-order valence-electron chi connectivity index (χ1n) is 6.48. The van der Waals surface area contributed by atoms with Gasteiger partial charge in [-0.1, -0.05) is 6.07 Å². The molecule has 1 aromatic carbocycles. The monoisotopic (exact) mass is 356 g/mol. The third-order valence-electron chi connectivity index (χ3n) is 3.75. The van der Waals surface area contributed by atoms with E-state index in [1.807, 2.05) is 4.90 Å². The molecule has 1 aromatic rings. The van der Waals surface area contributed by atoms with Crippen molar-refractivity contribution in [2.45, 2.75) is 24.9 Å². The maximum Gasteiger partial charge on any atom is 0.325 e. The minimum atomic E-state index is -0.952. The van der Waals surface area contributed by atoms with E-state index in [0.29, 0.717) is 38.0 Å². The van der Waals surface area contributed by atoms with E-state index in [2.05, 4.69) is 0 Å². The molecule has 0 aromatic heterocycles. The standard InChI is InChI=1S/C14H18F2N2O2.2ClH/c1-20-13(19)14(17)4-6-18(7-5-14)9-10-2-3-11(15)8-12(10)16;;/h2-3,8H,4-7,9,17H2,1H3;2*1H. The molecular formula is C14H20Cl2F2N2O2. The highest BCUT2D eigenvalue weighted by molar-refractivity contribution is 5.85. The third-order valence-corrected chi connectivity index (χ3v) is 3.75. The average Bonchev–Trinajstić information content (AvgIpc) is 2.43. The maximum atomic E-state index is 13.6. The number of likely N-dealkylation sites (tertiary alicyclic amines) is 1. The summed E-state index contributed by atoms with van der Waals surface area (Å²) in [6.07, 6.45) is 0.922. The minimum absolute atomic E-state index is 0. The Bertz CT molecular complexity index is 510. The van der Waals surface area contributed by atoms with E-state index in [-0.39, 0.29) is 24.8 Å². The molecule has 4 nitrogen and oxygen atoms in total. The number of nitrogens with zero attached hydrogens (tertiary/aromatic N) is 1. The number of rotatable bonds is 3. The summed E-state index contributed by atoms with van der Waals surface area (Å²) in [6.45, 7) is 1.52. The second-order valence-corrected chi connectivity index (χ2v) is 5.16. The predicted octanol–water partition coefficient (Wildman–Crippen LogP) is 2.27. The quantitative estimate of drug-likeness (QED) is 0.844. The van der Waals surface area contributed by atoms with Crippen LogP contribution in [0.3, 0.4) is 0 Å². The normalized spacial score (nSPS) is 17.1. The van der Waals surface area contributed by atoms with Crippen molar-refractivity contribution in [1.29, 1.82) is 0 Å². The summed E-state index contributed by atoms with van der Waals surface area (Å²) in [7, 11) is 1.32. The van der Waals surface area contributed by atoms with Gasteiger partial charge in [-0.15, -0.1) is 24.8 Å². The number of esters is 1. The van der Waals surface area contributed by atoms with Gasteiger partial charge in [-0.2, -0.15) is 0 Å². The molecule has 0 unspecified atom stereocenters. The first-order valence-corrected chi connectivity index (χ1v) is 6.48. The Morgan fingerprint density at radius 3 is 2.41 bits per heavy atom. The first-order chi connectivity index (χ1) is 9.44. The lowest BCUT2D eigenvalue weighted by molar-refractivity contribution is -0.149. The Hall–Kier alpha value is -0.950. The van der Waals surface area contributed by atoms with Gasteiger partial charge in [-0.3, -0.25) is 9.69 Å². The summed E-state index contributed by atoms with van der Waals surface area (Å²) in [5.41, 5.74) is 5.48. The minimum Gasteiger partial charge on any atom is -0.468 e. The van der Waals surface area contributed by atoms with Crippen molar-refractivity contribution < 1.29 is 18.3 Å². The van der Waals surface area contributed by atoms with Crippen molar-refractivity contribution >= 4 is 30.8 Å². The van der Waals surface area contributed by atoms with Crippen LogP contribution in [0.25, 0.3) is 0 Å². The van der Waals surface area contributed by atoms with Gasteiger partial charge in [-0.25, -0.2) is 8.78 Å². The second kappa shape index (κ2) is 8.62. The van der Waals surface area contributed by atoms with Crippen LogP contribution in [0.2, 0.25) is 0 Å². The molecular weight excluding hydrogens is 337 g/mol. The number of carbonyl (C=O) groups is 1. The van der Waals surface area contributed by atoms with E-state index in [9.17, 15) is 13.6 Å². The van der Waals surface area contributed by atoms with Crippen LogP contribution in [-0.2, 0) is 16.1 Å². The van der Waals surface area contributed by atoms with Crippen molar-refractivity contribution in [2.24, 2.45) is 5.73 Å². The van der Waals surface area contributed by atoms with Crippen LogP contribution in [0.15, 0.2) is 18.2 Å². The first kappa shape index (κ1) is 21.0. The molecule has 1 aliphatic rings. The fourth-order valence-corrected chi connectivity index (χ4v) is 2.41. The number of nitrogens with two attached hydrogens (primary N) is 1. The second-order valence-electron chi connectivity index (χ2n) is 5.16. The number of ether oxygens (including phenoxy) is 1. The van der Waals surface area contributed by atoms with Crippen molar-refractivity contribution in [3.8, 4) is 0 Å². The number of hydrogen-bond acceptors (Lipinski definition) is 4. The summed E-state index contributed by atoms with van der Waals surface area (Å²) in [5.74, 6) is -1.55. The summed E-state index contributed by atoms with van der Waals surface area (Å²) in [4.78, 5) is 13.6. The average molecular weight is 357 g/mol. The van der Waals surface area contributed by atoms with Gasteiger partial charge >= 0.3 is 5.97 Å². The lowest BCUT2D eigenvalue weighted by Gasteiger charge is -2.37. The molecule has 1 aliphatic heterocycles. The third kappa shape index (κ3) is 4.78. The molecule has 1 saturated heterocycles. The fraction of sp³-hybridized carbons (Fsp3) is 0.500. The molecule has 1 heterocycles. The van der Waals surface area contributed by atoms with Crippen LogP contribution in [0, 0.1) is 11.6 Å². The molecule has 1 fully saturated rings. The number of carbonyl (C=O) groups excluding carboxylic acids is 1. The van der Waals surface area contributed by atoms with Crippen molar-refractivity contribution in [1.82, 2.24) is 4.90 Å². The molecule has 126 valence electrons. The topological polar surface area (TPSA) is 55.6 Å². The van der Waals surface area contributed by atoms with Gasteiger partial charge in [0.15, 0.2) is 0 Å². The van der Waals surface area contributed by atoms with Gasteiger partial charge in [0.05, 0.1) is 7.11 Å². The molecule has 0 saturated carbocycles. The molecule has 8 heteroatoms. The van der Waals surface area contributed by atoms with Crippen LogP contribution >= 0.6 is 24.8 Å². The maximum absolute atomic E-state index is 13.6. The van der Waals surface area contributed by atoms with Gasteiger partial charge < -0.3 is 10.5 Å². The lowest BCUT2D eigenvalue weighted by Crippen LogP contribution is -2.55. The predicted molar refractivity (Wildman–Crippen MR) is 84.3 cm³/mol. The number of benzene rings is 1. The lowest BCUT2D eigenvalue weighted by atomic mass is 9.88. The summed E-state index contributed by atoms with van der Waals surface area (Å²) in [6, 6.07) is 3.56. The number of piperidine rings is 1. The van der Waals surface area contributed by atoms with Gasteiger partial charge in [0.2, 0.25) is 0 Å². The molecule has 0 aliphatic carbocycles. The summed E-state index contributed by atoms with van der Waals surface area (Å²) < 4.78 is 31.1. The molecule has 22 heavy (non-hydrogen) atoms. The molecule has 2 N–H and O–H groups in total. The molecule has 0 radical (unpaired) electrons. The molecule has 0 atom stereocenters. The number of hydrogen-bond donors (Lipinski definition) is 1. The zero-order chi connectivity index (χ0) is 14.8. The van der Waals surface area contributed by atoms with Gasteiger partial charge in [0.1, 0.15) is 17.2 Å². The fourth-order valence-electron chi connectivity index (χ4n) is 2.41. The van der Waals surface area contributed by atoms with Crippen LogP contribution < -0.4 is 5.73 Å². The highest BCUT2D eigenvalue weighted by atomic mass is 35.5. The van der Waals surface area contributed by atoms with Gasteiger partial charge in [-0.05, 0) is 18.9 Å². The van der Waals surface area contributed by atoms with Gasteiger partial charge in [0, 0.05) is 31.3 Å². The zero-order valence-corrected chi connectivity index (χ0v) is 13.8. The number of halogens is 4. The Morgan fingerprint density at radius 2 is 1.91 bits per heavy atom. The van der Waals surface area contributed by atoms with E-state index >= 15 is 0 Å². The van der Waals surface area contributed by atoms with E-state index in [0.717, 1.165) is 6.07 Å². The summed E-state index contributed by atoms with van der Waals surface area (Å²) >= 11 is 0. The van der Waals surface area contributed by atoms with Crippen LogP contribution in [0.5, 0.6) is 0 Å². The van der Waals surface area contributed by atoms with Crippen molar-refractivity contribution in [3.05, 3.63) is 35.4 Å². The van der Waals surface area contributed by atoms with E-state index in [1.165, 1.54) is 19.2 Å². The Kier molecular flexibility index (Phi) is 8.25. The van der Waals surface area contributed by atoms with Crippen LogP contribution in [0.1, 0.15) is 18.4 Å². The molecule has 0 amide bonds. The highest BCUT2D eigenvalue weighted by Crippen LogP contribution is 2.23. The number of methoxy groups -OCH3 is 1. The van der Waals surface area contributed by atoms with Gasteiger partial charge in [0.25, 0.3) is 0 Å². The molecule has 0 bridgehead atoms. The van der Waals surface area contributed by atoms with Crippen LogP contribution in [0.4, 0.5) is 8.78 Å². The molecule has 2 rings (SSSR count). The van der Waals surface area contributed by atoms with Crippen LogP contribution in [-0.4, -0.2) is 36.6 Å². The van der Waals surface area contributed by atoms with E-state index < -0.39 is 23.1 Å². The SMILES string of the molecule is COC(=O)C1(N)CCN(Cc2ccc(F)cc2F)CC1.Cl.Cl. The van der Waals surface area contributed by atoms with E-state index in [4.69, 9.17) is 10.5 Å². The largest absolute Gasteiger partial charge is 0.468 e.